The fourth-order valence-corrected chi connectivity index (χ4v) is 3.51. The Balaban J connectivity index is 0.00000192. The molecular formula is C16H21ClFN3O2. The lowest BCUT2D eigenvalue weighted by atomic mass is 9.98. The molecule has 1 aromatic rings. The van der Waals surface area contributed by atoms with Crippen LogP contribution < -0.4 is 11.1 Å². The first-order valence-electron chi connectivity index (χ1n) is 7.61. The Labute approximate surface area is 140 Å². The number of halogens is 2. The molecule has 7 heteroatoms. The van der Waals surface area contributed by atoms with Crippen LogP contribution in [0.2, 0.25) is 0 Å². The second kappa shape index (κ2) is 7.27. The van der Waals surface area contributed by atoms with E-state index in [9.17, 15) is 14.0 Å². The normalized spacial score (nSPS) is 25.7. The largest absolute Gasteiger partial charge is 0.343 e. The molecule has 3 N–H and O–H groups in total. The van der Waals surface area contributed by atoms with E-state index < -0.39 is 11.7 Å². The lowest BCUT2D eigenvalue weighted by Gasteiger charge is -2.19. The molecule has 1 aromatic carbocycles. The Morgan fingerprint density at radius 1 is 1.30 bits per heavy atom. The minimum atomic E-state index is -0.472. The fourth-order valence-electron chi connectivity index (χ4n) is 3.51. The molecule has 2 fully saturated rings. The summed E-state index contributed by atoms with van der Waals surface area (Å²) in [6, 6.07) is 5.59. The van der Waals surface area contributed by atoms with Gasteiger partial charge in [-0.25, -0.2) is 4.39 Å². The number of carbonyl (C=O) groups excluding carboxylic acids is 2. The predicted molar refractivity (Wildman–Crippen MR) is 86.8 cm³/mol. The summed E-state index contributed by atoms with van der Waals surface area (Å²) in [5.41, 5.74) is 6.27. The van der Waals surface area contributed by atoms with Crippen LogP contribution in [-0.2, 0) is 4.79 Å². The van der Waals surface area contributed by atoms with Crippen LogP contribution in [0, 0.1) is 17.7 Å². The van der Waals surface area contributed by atoms with E-state index in [4.69, 9.17) is 5.73 Å². The molecule has 3 atom stereocenters. The summed E-state index contributed by atoms with van der Waals surface area (Å²) in [6.45, 7) is 1.34. The minimum Gasteiger partial charge on any atom is -0.343 e. The number of carbonyl (C=O) groups is 2. The molecule has 1 saturated heterocycles. The van der Waals surface area contributed by atoms with Crippen LogP contribution in [0.15, 0.2) is 24.3 Å². The van der Waals surface area contributed by atoms with E-state index in [2.05, 4.69) is 5.32 Å². The van der Waals surface area contributed by atoms with Crippen LogP contribution in [0.3, 0.4) is 0 Å². The smallest absolute Gasteiger partial charge is 0.251 e. The zero-order valence-electron chi connectivity index (χ0n) is 12.7. The molecule has 1 aliphatic heterocycles. The molecule has 1 heterocycles. The predicted octanol–water partition coefficient (Wildman–Crippen LogP) is 1.17. The SMILES string of the molecule is Cl.NC1CCC2CN(C(=O)CNC(=O)c3cccc(F)c3)CC12. The Hall–Kier alpha value is -1.66. The van der Waals surface area contributed by atoms with Gasteiger partial charge in [0.15, 0.2) is 0 Å². The van der Waals surface area contributed by atoms with Crippen molar-refractivity contribution in [3.05, 3.63) is 35.6 Å². The number of hydrogen-bond donors (Lipinski definition) is 2. The van der Waals surface area contributed by atoms with Crippen molar-refractivity contribution in [2.24, 2.45) is 17.6 Å². The molecule has 1 aliphatic carbocycles. The molecule has 0 radical (unpaired) electrons. The van der Waals surface area contributed by atoms with Crippen molar-refractivity contribution < 1.29 is 14.0 Å². The standard InChI is InChI=1S/C16H20FN3O2.ClH/c17-12-3-1-2-10(6-12)16(22)19-7-15(21)20-8-11-4-5-14(18)13(11)9-20;/h1-3,6,11,13-14H,4-5,7-9,18H2,(H,19,22);1H. The lowest BCUT2D eigenvalue weighted by Crippen LogP contribution is -2.40. The number of rotatable bonds is 3. The van der Waals surface area contributed by atoms with Crippen molar-refractivity contribution >= 4 is 24.2 Å². The number of nitrogens with two attached hydrogens (primary N) is 1. The number of likely N-dealkylation sites (tertiary alicyclic amines) is 1. The van der Waals surface area contributed by atoms with Gasteiger partial charge in [-0.3, -0.25) is 9.59 Å². The second-order valence-corrected chi connectivity index (χ2v) is 6.16. The molecule has 3 unspecified atom stereocenters. The third-order valence-corrected chi connectivity index (χ3v) is 4.75. The maximum Gasteiger partial charge on any atom is 0.251 e. The van der Waals surface area contributed by atoms with E-state index in [1.807, 2.05) is 0 Å². The van der Waals surface area contributed by atoms with Crippen LogP contribution >= 0.6 is 12.4 Å². The Morgan fingerprint density at radius 3 is 2.78 bits per heavy atom. The molecule has 2 amide bonds. The van der Waals surface area contributed by atoms with Gasteiger partial charge in [0.05, 0.1) is 6.54 Å². The van der Waals surface area contributed by atoms with Gasteiger partial charge in [-0.2, -0.15) is 0 Å². The quantitative estimate of drug-likeness (QED) is 0.866. The topological polar surface area (TPSA) is 75.4 Å². The number of hydrogen-bond acceptors (Lipinski definition) is 3. The molecule has 3 rings (SSSR count). The van der Waals surface area contributed by atoms with Gasteiger partial charge < -0.3 is 16.0 Å². The lowest BCUT2D eigenvalue weighted by molar-refractivity contribution is -0.129. The van der Waals surface area contributed by atoms with Crippen molar-refractivity contribution in [2.45, 2.75) is 18.9 Å². The number of nitrogens with zero attached hydrogens (tertiary/aromatic N) is 1. The van der Waals surface area contributed by atoms with E-state index >= 15 is 0 Å². The van der Waals surface area contributed by atoms with Gasteiger partial charge in [0, 0.05) is 24.7 Å². The summed E-state index contributed by atoms with van der Waals surface area (Å²) >= 11 is 0. The Bertz CT molecular complexity index is 598. The fraction of sp³-hybridized carbons (Fsp3) is 0.500. The number of fused-ring (bicyclic) bond motifs is 1. The highest BCUT2D eigenvalue weighted by Crippen LogP contribution is 2.36. The first-order valence-corrected chi connectivity index (χ1v) is 7.61. The molecular weight excluding hydrogens is 321 g/mol. The highest BCUT2D eigenvalue weighted by atomic mass is 35.5. The first kappa shape index (κ1) is 17.7. The van der Waals surface area contributed by atoms with Gasteiger partial charge in [0.2, 0.25) is 5.91 Å². The zero-order valence-corrected chi connectivity index (χ0v) is 13.5. The molecule has 5 nitrogen and oxygen atoms in total. The third kappa shape index (κ3) is 3.82. The summed E-state index contributed by atoms with van der Waals surface area (Å²) in [7, 11) is 0. The molecule has 2 aliphatic rings. The van der Waals surface area contributed by atoms with Gasteiger partial charge in [-0.1, -0.05) is 6.07 Å². The van der Waals surface area contributed by atoms with E-state index in [1.54, 1.807) is 4.90 Å². The van der Waals surface area contributed by atoms with Gasteiger partial charge in [0.1, 0.15) is 5.82 Å². The van der Waals surface area contributed by atoms with Crippen LogP contribution in [0.5, 0.6) is 0 Å². The molecule has 0 aromatic heterocycles. The van der Waals surface area contributed by atoms with Gasteiger partial charge in [-0.15, -0.1) is 12.4 Å². The van der Waals surface area contributed by atoms with E-state index in [1.165, 1.54) is 18.2 Å². The number of nitrogens with one attached hydrogen (secondary N) is 1. The first-order chi connectivity index (χ1) is 10.5. The summed E-state index contributed by atoms with van der Waals surface area (Å²) in [6.07, 6.45) is 2.11. The molecule has 1 saturated carbocycles. The molecule has 0 bridgehead atoms. The van der Waals surface area contributed by atoms with Crippen LogP contribution in [-0.4, -0.2) is 42.4 Å². The summed E-state index contributed by atoms with van der Waals surface area (Å²) in [5, 5.41) is 2.55. The second-order valence-electron chi connectivity index (χ2n) is 6.16. The summed E-state index contributed by atoms with van der Waals surface area (Å²) in [4.78, 5) is 25.9. The van der Waals surface area contributed by atoms with Crippen LogP contribution in [0.25, 0.3) is 0 Å². The van der Waals surface area contributed by atoms with Crippen LogP contribution in [0.1, 0.15) is 23.2 Å². The van der Waals surface area contributed by atoms with Crippen molar-refractivity contribution in [3.63, 3.8) is 0 Å². The van der Waals surface area contributed by atoms with Crippen molar-refractivity contribution in [2.75, 3.05) is 19.6 Å². The molecule has 23 heavy (non-hydrogen) atoms. The third-order valence-electron chi connectivity index (χ3n) is 4.75. The summed E-state index contributed by atoms with van der Waals surface area (Å²) < 4.78 is 13.1. The Morgan fingerprint density at radius 2 is 2.09 bits per heavy atom. The van der Waals surface area contributed by atoms with Crippen molar-refractivity contribution in [1.82, 2.24) is 10.2 Å². The Kier molecular flexibility index (Phi) is 5.59. The monoisotopic (exact) mass is 341 g/mol. The minimum absolute atomic E-state index is 0. The van der Waals surface area contributed by atoms with Gasteiger partial charge in [-0.05, 0) is 42.9 Å². The highest BCUT2D eigenvalue weighted by Gasteiger charge is 2.42. The van der Waals surface area contributed by atoms with E-state index in [0.717, 1.165) is 25.5 Å². The van der Waals surface area contributed by atoms with Crippen LogP contribution in [0.4, 0.5) is 4.39 Å². The number of benzene rings is 1. The van der Waals surface area contributed by atoms with Crippen molar-refractivity contribution in [3.8, 4) is 0 Å². The average Bonchev–Trinajstić information content (AvgIpc) is 3.07. The number of amides is 2. The molecule has 0 spiro atoms. The average molecular weight is 342 g/mol. The maximum absolute atomic E-state index is 13.1. The maximum atomic E-state index is 13.1. The van der Waals surface area contributed by atoms with Gasteiger partial charge in [0.25, 0.3) is 5.91 Å². The van der Waals surface area contributed by atoms with E-state index in [0.29, 0.717) is 18.4 Å². The van der Waals surface area contributed by atoms with E-state index in [-0.39, 0.29) is 36.5 Å². The van der Waals surface area contributed by atoms with Gasteiger partial charge >= 0.3 is 0 Å². The highest BCUT2D eigenvalue weighted by molar-refractivity contribution is 5.96. The summed E-state index contributed by atoms with van der Waals surface area (Å²) in [5.74, 6) is -0.128. The zero-order chi connectivity index (χ0) is 15.7. The van der Waals surface area contributed by atoms with Crippen molar-refractivity contribution in [1.29, 1.82) is 0 Å². The molecule has 126 valence electrons.